The summed E-state index contributed by atoms with van der Waals surface area (Å²) in [4.78, 5) is 12.3. The van der Waals surface area contributed by atoms with Gasteiger partial charge in [0.05, 0.1) is 11.7 Å². The zero-order chi connectivity index (χ0) is 20.4. The molecular formula is C26H36O2. The van der Waals surface area contributed by atoms with Crippen LogP contribution in [0.1, 0.15) is 82.1 Å². The monoisotopic (exact) mass is 380 g/mol. The van der Waals surface area contributed by atoms with Gasteiger partial charge in [0.25, 0.3) is 0 Å². The Labute approximate surface area is 171 Å². The van der Waals surface area contributed by atoms with Crippen LogP contribution in [0.5, 0.6) is 0 Å². The fourth-order valence-electron chi connectivity index (χ4n) is 3.35. The van der Waals surface area contributed by atoms with Crippen molar-refractivity contribution in [1.29, 1.82) is 0 Å². The Balaban J connectivity index is 1.90. The zero-order valence-electron chi connectivity index (χ0n) is 18.0. The van der Waals surface area contributed by atoms with Crippen molar-refractivity contribution in [2.24, 2.45) is 5.92 Å². The van der Waals surface area contributed by atoms with Crippen LogP contribution in [0.25, 0.3) is 11.1 Å². The second-order valence-corrected chi connectivity index (χ2v) is 8.06. The van der Waals surface area contributed by atoms with E-state index in [1.807, 2.05) is 31.2 Å². The molecule has 2 heteroatoms. The fraction of sp³-hybridized carbons (Fsp3) is 0.500. The number of unbranched alkanes of at least 4 members (excludes halogenated alkanes) is 3. The quantitative estimate of drug-likeness (QED) is 0.299. The predicted octanol–water partition coefficient (Wildman–Crippen LogP) is 7.46. The lowest BCUT2D eigenvalue weighted by molar-refractivity contribution is 0.0319. The van der Waals surface area contributed by atoms with Crippen LogP contribution in [0.4, 0.5) is 0 Å². The van der Waals surface area contributed by atoms with Gasteiger partial charge in [-0.05, 0) is 60.9 Å². The average Bonchev–Trinajstić information content (AvgIpc) is 2.72. The van der Waals surface area contributed by atoms with Gasteiger partial charge < -0.3 is 4.74 Å². The molecule has 152 valence electrons. The van der Waals surface area contributed by atoms with E-state index in [0.29, 0.717) is 11.5 Å². The minimum Gasteiger partial charge on any atom is -0.459 e. The van der Waals surface area contributed by atoms with Crippen LogP contribution in [-0.2, 0) is 11.2 Å². The van der Waals surface area contributed by atoms with E-state index in [1.165, 1.54) is 36.8 Å². The number of carbonyl (C=O) groups is 1. The molecule has 0 saturated heterocycles. The van der Waals surface area contributed by atoms with Crippen LogP contribution >= 0.6 is 0 Å². The van der Waals surface area contributed by atoms with Gasteiger partial charge in [0.15, 0.2) is 0 Å². The molecule has 2 rings (SSSR count). The van der Waals surface area contributed by atoms with Gasteiger partial charge in [0.2, 0.25) is 0 Å². The molecule has 0 N–H and O–H groups in total. The molecule has 0 radical (unpaired) electrons. The number of rotatable bonds is 11. The van der Waals surface area contributed by atoms with Gasteiger partial charge in [-0.3, -0.25) is 0 Å². The van der Waals surface area contributed by atoms with Crippen LogP contribution in [0.3, 0.4) is 0 Å². The van der Waals surface area contributed by atoms with Crippen molar-refractivity contribution in [1.82, 2.24) is 0 Å². The summed E-state index contributed by atoms with van der Waals surface area (Å²) in [6.07, 6.45) is 8.04. The van der Waals surface area contributed by atoms with E-state index in [9.17, 15) is 4.79 Å². The van der Waals surface area contributed by atoms with Gasteiger partial charge in [-0.2, -0.15) is 0 Å². The Morgan fingerprint density at radius 3 is 2.04 bits per heavy atom. The third-order valence-electron chi connectivity index (χ3n) is 5.46. The minimum absolute atomic E-state index is 0.0258. The van der Waals surface area contributed by atoms with Gasteiger partial charge >= 0.3 is 5.97 Å². The molecule has 0 aliphatic carbocycles. The first-order chi connectivity index (χ1) is 13.5. The van der Waals surface area contributed by atoms with Crippen LogP contribution in [0.2, 0.25) is 0 Å². The molecular weight excluding hydrogens is 344 g/mol. The van der Waals surface area contributed by atoms with E-state index < -0.39 is 0 Å². The van der Waals surface area contributed by atoms with E-state index in [2.05, 4.69) is 45.0 Å². The maximum absolute atomic E-state index is 12.3. The van der Waals surface area contributed by atoms with E-state index in [0.717, 1.165) is 24.8 Å². The molecule has 0 heterocycles. The molecule has 0 saturated carbocycles. The maximum Gasteiger partial charge on any atom is 0.338 e. The Morgan fingerprint density at radius 2 is 1.46 bits per heavy atom. The second-order valence-electron chi connectivity index (χ2n) is 8.06. The van der Waals surface area contributed by atoms with E-state index >= 15 is 0 Å². The normalized spacial score (nSPS) is 13.1. The molecule has 0 aliphatic heterocycles. The van der Waals surface area contributed by atoms with E-state index in [4.69, 9.17) is 4.74 Å². The zero-order valence-corrected chi connectivity index (χ0v) is 18.0. The highest BCUT2D eigenvalue weighted by Gasteiger charge is 2.12. The van der Waals surface area contributed by atoms with Crippen LogP contribution in [-0.4, -0.2) is 12.1 Å². The van der Waals surface area contributed by atoms with Gasteiger partial charge in [-0.1, -0.05) is 82.9 Å². The van der Waals surface area contributed by atoms with Gasteiger partial charge in [0.1, 0.15) is 0 Å². The first kappa shape index (κ1) is 22.2. The summed E-state index contributed by atoms with van der Waals surface area (Å²) < 4.78 is 5.59. The number of hydrogen-bond donors (Lipinski definition) is 0. The van der Waals surface area contributed by atoms with Gasteiger partial charge in [-0.15, -0.1) is 0 Å². The topological polar surface area (TPSA) is 26.3 Å². The fourth-order valence-corrected chi connectivity index (χ4v) is 3.35. The van der Waals surface area contributed by atoms with Gasteiger partial charge in [0, 0.05) is 0 Å². The second kappa shape index (κ2) is 11.7. The van der Waals surface area contributed by atoms with Crippen molar-refractivity contribution in [3.8, 4) is 11.1 Å². The summed E-state index contributed by atoms with van der Waals surface area (Å²) in [7, 11) is 0. The number of benzene rings is 2. The summed E-state index contributed by atoms with van der Waals surface area (Å²) in [6.45, 7) is 8.71. The van der Waals surface area contributed by atoms with Crippen LogP contribution < -0.4 is 0 Å². The molecule has 0 aliphatic rings. The van der Waals surface area contributed by atoms with Crippen LogP contribution in [0, 0.1) is 5.92 Å². The van der Waals surface area contributed by atoms with E-state index in [-0.39, 0.29) is 12.1 Å². The Kier molecular flexibility index (Phi) is 9.27. The third kappa shape index (κ3) is 7.14. The van der Waals surface area contributed by atoms with Crippen molar-refractivity contribution < 1.29 is 9.53 Å². The van der Waals surface area contributed by atoms with Crippen LogP contribution in [0.15, 0.2) is 48.5 Å². The molecule has 0 aromatic heterocycles. The number of esters is 1. The Hall–Kier alpha value is -2.09. The third-order valence-corrected chi connectivity index (χ3v) is 5.46. The van der Waals surface area contributed by atoms with Crippen molar-refractivity contribution >= 4 is 5.97 Å². The number of ether oxygens (including phenoxy) is 1. The molecule has 0 amide bonds. The summed E-state index contributed by atoms with van der Waals surface area (Å²) in [5, 5.41) is 0. The molecule has 2 atom stereocenters. The SMILES string of the molecule is CCCCCC[C@@H](C)OC(=O)c1ccc(-c2ccc(C[C@@H](C)CC)cc2)cc1. The standard InChI is InChI=1S/C26H36O2/c1-5-7-8-9-10-21(4)28-26(27)25-17-15-24(16-18-25)23-13-11-22(12-14-23)19-20(3)6-2/h11-18,20-21H,5-10,19H2,1-4H3/t20-,21+/m0/s1. The first-order valence-electron chi connectivity index (χ1n) is 10.9. The summed E-state index contributed by atoms with van der Waals surface area (Å²) in [5.74, 6) is 0.489. The Bertz CT molecular complexity index is 700. The highest BCUT2D eigenvalue weighted by molar-refractivity contribution is 5.90. The molecule has 0 spiro atoms. The molecule has 0 unspecified atom stereocenters. The lowest BCUT2D eigenvalue weighted by Gasteiger charge is -2.13. The molecule has 0 bridgehead atoms. The largest absolute Gasteiger partial charge is 0.459 e. The number of hydrogen-bond acceptors (Lipinski definition) is 2. The summed E-state index contributed by atoms with van der Waals surface area (Å²) >= 11 is 0. The van der Waals surface area contributed by atoms with Crippen molar-refractivity contribution in [3.63, 3.8) is 0 Å². The lowest BCUT2D eigenvalue weighted by Crippen LogP contribution is -2.15. The molecule has 2 aromatic rings. The Morgan fingerprint density at radius 1 is 0.857 bits per heavy atom. The lowest BCUT2D eigenvalue weighted by atomic mass is 9.96. The van der Waals surface area contributed by atoms with Gasteiger partial charge in [-0.25, -0.2) is 4.79 Å². The first-order valence-corrected chi connectivity index (χ1v) is 10.9. The summed E-state index contributed by atoms with van der Waals surface area (Å²) in [5.41, 5.74) is 4.31. The van der Waals surface area contributed by atoms with Crippen molar-refractivity contribution in [3.05, 3.63) is 59.7 Å². The molecule has 2 nitrogen and oxygen atoms in total. The molecule has 28 heavy (non-hydrogen) atoms. The minimum atomic E-state index is -0.224. The number of carbonyl (C=O) groups excluding carboxylic acids is 1. The predicted molar refractivity (Wildman–Crippen MR) is 119 cm³/mol. The molecule has 0 fully saturated rings. The highest BCUT2D eigenvalue weighted by Crippen LogP contribution is 2.22. The highest BCUT2D eigenvalue weighted by atomic mass is 16.5. The average molecular weight is 381 g/mol. The van der Waals surface area contributed by atoms with E-state index in [1.54, 1.807) is 0 Å². The molecule has 2 aromatic carbocycles. The smallest absolute Gasteiger partial charge is 0.338 e. The maximum atomic E-state index is 12.3. The summed E-state index contributed by atoms with van der Waals surface area (Å²) in [6, 6.07) is 16.5. The van der Waals surface area contributed by atoms with Crippen molar-refractivity contribution in [2.75, 3.05) is 0 Å². The van der Waals surface area contributed by atoms with Crippen molar-refractivity contribution in [2.45, 2.75) is 78.7 Å².